The maximum atomic E-state index is 14.3. The normalized spacial score (nSPS) is 17.2. The number of aliphatic imine (C=N–C) groups is 1. The van der Waals surface area contributed by atoms with Crippen LogP contribution >= 0.6 is 39.7 Å². The van der Waals surface area contributed by atoms with Gasteiger partial charge >= 0.3 is 0 Å². The predicted octanol–water partition coefficient (Wildman–Crippen LogP) is 5.36. The third kappa shape index (κ3) is 2.91. The van der Waals surface area contributed by atoms with Gasteiger partial charge in [-0.15, -0.1) is 0 Å². The summed E-state index contributed by atoms with van der Waals surface area (Å²) < 4.78 is 29.2. The quantitative estimate of drug-likeness (QED) is 0.634. The maximum Gasteiger partial charge on any atom is 0.135 e. The topological polar surface area (TPSA) is 24.4 Å². The zero-order valence-electron chi connectivity index (χ0n) is 11.8. The summed E-state index contributed by atoms with van der Waals surface area (Å²) >= 11 is 15.0. The van der Waals surface area contributed by atoms with Crippen LogP contribution in [-0.2, 0) is 0 Å². The molecule has 0 saturated carbocycles. The third-order valence-corrected chi connectivity index (χ3v) is 5.22. The first-order valence-electron chi connectivity index (χ1n) is 6.71. The summed E-state index contributed by atoms with van der Waals surface area (Å²) in [6.45, 7) is 1.75. The van der Waals surface area contributed by atoms with Gasteiger partial charge in [0.2, 0.25) is 0 Å². The van der Waals surface area contributed by atoms with Crippen molar-refractivity contribution in [2.75, 3.05) is 5.32 Å². The van der Waals surface area contributed by atoms with Gasteiger partial charge in [-0.1, -0.05) is 29.9 Å². The van der Waals surface area contributed by atoms with Gasteiger partial charge in [-0.05, 0) is 47.1 Å². The molecule has 1 heterocycles. The first-order valence-corrected chi connectivity index (χ1v) is 8.29. The maximum absolute atomic E-state index is 14.3. The van der Waals surface area contributed by atoms with E-state index in [1.165, 1.54) is 18.2 Å². The van der Waals surface area contributed by atoms with E-state index >= 15 is 0 Å². The van der Waals surface area contributed by atoms with Crippen LogP contribution in [0, 0.1) is 11.6 Å². The number of nitrogens with one attached hydrogen (secondary N) is 1. The molecule has 2 aromatic carbocycles. The Hall–Kier alpha value is -1.37. The summed E-state index contributed by atoms with van der Waals surface area (Å²) in [5.41, 5.74) is 0.902. The number of thiocarbonyl (C=S) groups is 1. The van der Waals surface area contributed by atoms with Crippen molar-refractivity contribution >= 4 is 56.1 Å². The summed E-state index contributed by atoms with van der Waals surface area (Å²) in [6, 6.07) is 6.72. The molecule has 2 nitrogen and oxygen atoms in total. The standard InChI is InChI=1S/C16H10BrClF2N2S/c1-7-16(23)22-11-6-5-8(17)14(18)13(11)15(21-7)12-9(19)3-2-4-10(12)20/h2-7H,1H3,(H,22,23)/t7-/m0/s1. The molecule has 23 heavy (non-hydrogen) atoms. The van der Waals surface area contributed by atoms with Crippen LogP contribution in [0.4, 0.5) is 14.5 Å². The predicted molar refractivity (Wildman–Crippen MR) is 96.8 cm³/mol. The van der Waals surface area contributed by atoms with Gasteiger partial charge in [-0.3, -0.25) is 4.99 Å². The lowest BCUT2D eigenvalue weighted by molar-refractivity contribution is 0.579. The summed E-state index contributed by atoms with van der Waals surface area (Å²) in [5.74, 6) is -1.41. The van der Waals surface area contributed by atoms with Gasteiger partial charge in [0.25, 0.3) is 0 Å². The van der Waals surface area contributed by atoms with Gasteiger partial charge in [0.1, 0.15) is 16.6 Å². The molecular weight excluding hydrogens is 406 g/mol. The monoisotopic (exact) mass is 414 g/mol. The lowest BCUT2D eigenvalue weighted by Crippen LogP contribution is -2.20. The van der Waals surface area contributed by atoms with Crippen molar-refractivity contribution in [2.45, 2.75) is 13.0 Å². The third-order valence-electron chi connectivity index (χ3n) is 3.49. The Kier molecular flexibility index (Phi) is 4.49. The summed E-state index contributed by atoms with van der Waals surface area (Å²) in [7, 11) is 0. The molecule has 1 aliphatic heterocycles. The number of nitrogens with zero attached hydrogens (tertiary/aromatic N) is 1. The van der Waals surface area contributed by atoms with Crippen LogP contribution in [0.2, 0.25) is 5.02 Å². The summed E-state index contributed by atoms with van der Waals surface area (Å²) in [5, 5.41) is 3.36. The average Bonchev–Trinajstić information content (AvgIpc) is 2.61. The van der Waals surface area contributed by atoms with Crippen LogP contribution in [0.25, 0.3) is 0 Å². The van der Waals surface area contributed by atoms with E-state index in [0.717, 1.165) is 0 Å². The van der Waals surface area contributed by atoms with E-state index in [-0.39, 0.29) is 11.3 Å². The molecule has 0 amide bonds. The summed E-state index contributed by atoms with van der Waals surface area (Å²) in [6.07, 6.45) is 0. The number of anilines is 1. The van der Waals surface area contributed by atoms with Gasteiger partial charge in [-0.25, -0.2) is 8.78 Å². The molecule has 0 radical (unpaired) electrons. The number of hydrogen-bond acceptors (Lipinski definition) is 2. The number of halogens is 4. The Morgan fingerprint density at radius 2 is 1.83 bits per heavy atom. The summed E-state index contributed by atoms with van der Waals surface area (Å²) in [4.78, 5) is 4.87. The molecule has 0 bridgehead atoms. The second-order valence-corrected chi connectivity index (χ2v) is 6.70. The Morgan fingerprint density at radius 1 is 1.17 bits per heavy atom. The molecule has 7 heteroatoms. The highest BCUT2D eigenvalue weighted by atomic mass is 79.9. The highest BCUT2D eigenvalue weighted by Gasteiger charge is 2.27. The molecule has 0 saturated heterocycles. The van der Waals surface area contributed by atoms with E-state index in [1.54, 1.807) is 19.1 Å². The van der Waals surface area contributed by atoms with E-state index in [4.69, 9.17) is 23.8 Å². The number of benzodiazepines with no additional fused rings is 1. The van der Waals surface area contributed by atoms with Gasteiger partial charge in [0.05, 0.1) is 22.3 Å². The lowest BCUT2D eigenvalue weighted by Gasteiger charge is -2.14. The smallest absolute Gasteiger partial charge is 0.135 e. The number of hydrogen-bond donors (Lipinski definition) is 1. The molecule has 0 spiro atoms. The Balaban J connectivity index is 2.38. The minimum Gasteiger partial charge on any atom is -0.348 e. The van der Waals surface area contributed by atoms with Gasteiger partial charge in [0, 0.05) is 15.7 Å². The molecule has 3 rings (SSSR count). The first-order chi connectivity index (χ1) is 10.9. The van der Waals surface area contributed by atoms with Crippen molar-refractivity contribution in [3.8, 4) is 0 Å². The van der Waals surface area contributed by atoms with Crippen molar-refractivity contribution in [1.29, 1.82) is 0 Å². The first kappa shape index (κ1) is 16.5. The van der Waals surface area contributed by atoms with Crippen molar-refractivity contribution < 1.29 is 8.78 Å². The van der Waals surface area contributed by atoms with Crippen LogP contribution in [0.1, 0.15) is 18.1 Å². The SMILES string of the molecule is C[C@@H]1N=C(c2c(F)cccc2F)c2c(ccc(Br)c2Cl)NC1=S. The Morgan fingerprint density at radius 3 is 2.48 bits per heavy atom. The van der Waals surface area contributed by atoms with Gasteiger partial charge < -0.3 is 5.32 Å². The van der Waals surface area contributed by atoms with Gasteiger partial charge in [-0.2, -0.15) is 0 Å². The van der Waals surface area contributed by atoms with E-state index in [9.17, 15) is 8.78 Å². The molecule has 2 aromatic rings. The van der Waals surface area contributed by atoms with Crippen molar-refractivity contribution in [3.05, 3.63) is 62.6 Å². The molecule has 1 aliphatic rings. The molecule has 1 atom stereocenters. The minimum absolute atomic E-state index is 0.141. The largest absolute Gasteiger partial charge is 0.348 e. The lowest BCUT2D eigenvalue weighted by atomic mass is 9.99. The van der Waals surface area contributed by atoms with Crippen LogP contribution < -0.4 is 5.32 Å². The molecule has 0 aliphatic carbocycles. The number of rotatable bonds is 1. The van der Waals surface area contributed by atoms with Crippen molar-refractivity contribution in [3.63, 3.8) is 0 Å². The van der Waals surface area contributed by atoms with Crippen LogP contribution in [0.5, 0.6) is 0 Å². The molecule has 0 unspecified atom stereocenters. The fraction of sp³-hybridized carbons (Fsp3) is 0.125. The van der Waals surface area contributed by atoms with Crippen molar-refractivity contribution in [2.24, 2.45) is 4.99 Å². The zero-order valence-corrected chi connectivity index (χ0v) is 15.0. The van der Waals surface area contributed by atoms with Crippen LogP contribution in [-0.4, -0.2) is 16.7 Å². The van der Waals surface area contributed by atoms with E-state index in [1.807, 2.05) is 0 Å². The van der Waals surface area contributed by atoms with Crippen LogP contribution in [0.15, 0.2) is 39.8 Å². The van der Waals surface area contributed by atoms with E-state index < -0.39 is 17.7 Å². The number of fused-ring (bicyclic) bond motifs is 1. The second-order valence-electron chi connectivity index (χ2n) is 5.02. The molecule has 1 N–H and O–H groups in total. The molecule has 0 fully saturated rings. The minimum atomic E-state index is -0.703. The second kappa shape index (κ2) is 6.26. The van der Waals surface area contributed by atoms with Crippen LogP contribution in [0.3, 0.4) is 0 Å². The fourth-order valence-electron chi connectivity index (χ4n) is 2.35. The Labute approximate surface area is 150 Å². The molecule has 118 valence electrons. The zero-order chi connectivity index (χ0) is 16.7. The highest BCUT2D eigenvalue weighted by molar-refractivity contribution is 9.10. The number of benzene rings is 2. The Bertz CT molecular complexity index is 834. The molecular formula is C16H10BrClF2N2S. The van der Waals surface area contributed by atoms with E-state index in [0.29, 0.717) is 25.7 Å². The van der Waals surface area contributed by atoms with Gasteiger partial charge in [0.15, 0.2) is 0 Å². The van der Waals surface area contributed by atoms with Crippen molar-refractivity contribution in [1.82, 2.24) is 0 Å². The van der Waals surface area contributed by atoms with E-state index in [2.05, 4.69) is 26.2 Å². The highest BCUT2D eigenvalue weighted by Crippen LogP contribution is 2.36. The molecule has 0 aromatic heterocycles. The fourth-order valence-corrected chi connectivity index (χ4v) is 3.10. The average molecular weight is 416 g/mol.